The van der Waals surface area contributed by atoms with Gasteiger partial charge in [-0.05, 0) is 17.7 Å². The van der Waals surface area contributed by atoms with Crippen molar-refractivity contribution in [3.8, 4) is 21.7 Å². The number of thiazole rings is 1. The van der Waals surface area contributed by atoms with Gasteiger partial charge in [0.2, 0.25) is 0 Å². The standard InChI is InChI=1S/C18H18N2S/c1-2-19-12-17-13-21-18(20-17)16-10-8-15(9-11-16)14-6-4-3-5-7-14/h3-11,13,19H,2,12H2,1H3. The van der Waals surface area contributed by atoms with Crippen LogP contribution in [0.15, 0.2) is 60.0 Å². The molecule has 2 aromatic carbocycles. The molecule has 0 aliphatic rings. The summed E-state index contributed by atoms with van der Waals surface area (Å²) in [5, 5.41) is 6.52. The Bertz CT molecular complexity index is 687. The average molecular weight is 294 g/mol. The van der Waals surface area contributed by atoms with Crippen LogP contribution in [0.25, 0.3) is 21.7 Å². The Morgan fingerprint density at radius 1 is 0.905 bits per heavy atom. The van der Waals surface area contributed by atoms with E-state index in [-0.39, 0.29) is 0 Å². The van der Waals surface area contributed by atoms with Crippen molar-refractivity contribution < 1.29 is 0 Å². The molecule has 0 unspecified atom stereocenters. The highest BCUT2D eigenvalue weighted by atomic mass is 32.1. The van der Waals surface area contributed by atoms with Crippen LogP contribution in [0.5, 0.6) is 0 Å². The lowest BCUT2D eigenvalue weighted by Gasteiger charge is -2.02. The Labute approximate surface area is 129 Å². The van der Waals surface area contributed by atoms with Crippen molar-refractivity contribution in [2.24, 2.45) is 0 Å². The Morgan fingerprint density at radius 3 is 2.29 bits per heavy atom. The van der Waals surface area contributed by atoms with E-state index in [0.717, 1.165) is 23.8 Å². The molecule has 1 aromatic heterocycles. The molecular weight excluding hydrogens is 276 g/mol. The molecule has 0 spiro atoms. The maximum atomic E-state index is 4.68. The van der Waals surface area contributed by atoms with E-state index in [0.29, 0.717) is 0 Å². The molecule has 3 rings (SSSR count). The van der Waals surface area contributed by atoms with E-state index in [2.05, 4.69) is 71.1 Å². The molecule has 1 N–H and O–H groups in total. The van der Waals surface area contributed by atoms with E-state index in [9.17, 15) is 0 Å². The molecule has 2 nitrogen and oxygen atoms in total. The van der Waals surface area contributed by atoms with Crippen LogP contribution in [0.4, 0.5) is 0 Å². The van der Waals surface area contributed by atoms with Crippen molar-refractivity contribution in [2.75, 3.05) is 6.54 Å². The monoisotopic (exact) mass is 294 g/mol. The number of benzene rings is 2. The summed E-state index contributed by atoms with van der Waals surface area (Å²) in [5.74, 6) is 0. The normalized spacial score (nSPS) is 10.7. The molecule has 0 saturated carbocycles. The first kappa shape index (κ1) is 14.0. The lowest BCUT2D eigenvalue weighted by molar-refractivity contribution is 0.715. The van der Waals surface area contributed by atoms with Gasteiger partial charge < -0.3 is 5.32 Å². The number of hydrogen-bond acceptors (Lipinski definition) is 3. The fraction of sp³-hybridized carbons (Fsp3) is 0.167. The highest BCUT2D eigenvalue weighted by Crippen LogP contribution is 2.27. The van der Waals surface area contributed by atoms with E-state index in [1.54, 1.807) is 11.3 Å². The smallest absolute Gasteiger partial charge is 0.123 e. The van der Waals surface area contributed by atoms with E-state index in [1.807, 2.05) is 6.07 Å². The first-order valence-corrected chi connectivity index (χ1v) is 8.06. The lowest BCUT2D eigenvalue weighted by atomic mass is 10.0. The van der Waals surface area contributed by atoms with E-state index < -0.39 is 0 Å². The Kier molecular flexibility index (Phi) is 4.43. The Balaban J connectivity index is 1.79. The highest BCUT2D eigenvalue weighted by molar-refractivity contribution is 7.13. The SMILES string of the molecule is CCNCc1csc(-c2ccc(-c3ccccc3)cc2)n1. The van der Waals surface area contributed by atoms with Crippen LogP contribution in [-0.2, 0) is 6.54 Å². The molecule has 0 aliphatic heterocycles. The molecular formula is C18H18N2S. The molecule has 106 valence electrons. The second-order valence-corrected chi connectivity index (χ2v) is 5.73. The van der Waals surface area contributed by atoms with Gasteiger partial charge >= 0.3 is 0 Å². The predicted octanol–water partition coefficient (Wildman–Crippen LogP) is 4.59. The summed E-state index contributed by atoms with van der Waals surface area (Å²) in [6.07, 6.45) is 0. The van der Waals surface area contributed by atoms with Crippen molar-refractivity contribution in [3.63, 3.8) is 0 Å². The summed E-state index contributed by atoms with van der Waals surface area (Å²) >= 11 is 1.70. The van der Waals surface area contributed by atoms with Gasteiger partial charge in [0.05, 0.1) is 5.69 Å². The van der Waals surface area contributed by atoms with Gasteiger partial charge in [0.1, 0.15) is 5.01 Å². The van der Waals surface area contributed by atoms with Gasteiger partial charge in [0, 0.05) is 17.5 Å². The zero-order valence-electron chi connectivity index (χ0n) is 12.0. The molecule has 3 heteroatoms. The van der Waals surface area contributed by atoms with Crippen molar-refractivity contribution in [3.05, 3.63) is 65.7 Å². The van der Waals surface area contributed by atoms with Crippen LogP contribution in [0.3, 0.4) is 0 Å². The van der Waals surface area contributed by atoms with Gasteiger partial charge in [-0.25, -0.2) is 4.98 Å². The minimum absolute atomic E-state index is 0.842. The Morgan fingerprint density at radius 2 is 1.57 bits per heavy atom. The minimum Gasteiger partial charge on any atom is -0.311 e. The summed E-state index contributed by atoms with van der Waals surface area (Å²) in [5.41, 5.74) is 4.78. The summed E-state index contributed by atoms with van der Waals surface area (Å²) in [6.45, 7) is 3.92. The van der Waals surface area contributed by atoms with Crippen molar-refractivity contribution >= 4 is 11.3 Å². The molecule has 0 bridgehead atoms. The molecule has 0 saturated heterocycles. The van der Waals surface area contributed by atoms with Crippen LogP contribution in [0.1, 0.15) is 12.6 Å². The summed E-state index contributed by atoms with van der Waals surface area (Å²) in [4.78, 5) is 4.68. The molecule has 3 aromatic rings. The third-order valence-corrected chi connectivity index (χ3v) is 4.29. The molecule has 0 fully saturated rings. The number of rotatable bonds is 5. The fourth-order valence-electron chi connectivity index (χ4n) is 2.21. The fourth-order valence-corrected chi connectivity index (χ4v) is 3.04. The van der Waals surface area contributed by atoms with E-state index in [1.165, 1.54) is 16.7 Å². The lowest BCUT2D eigenvalue weighted by Crippen LogP contribution is -2.11. The van der Waals surface area contributed by atoms with Gasteiger partial charge in [-0.15, -0.1) is 11.3 Å². The molecule has 1 heterocycles. The number of nitrogens with zero attached hydrogens (tertiary/aromatic N) is 1. The van der Waals surface area contributed by atoms with Gasteiger partial charge in [-0.3, -0.25) is 0 Å². The summed E-state index contributed by atoms with van der Waals surface area (Å²) in [6, 6.07) is 19.1. The zero-order valence-corrected chi connectivity index (χ0v) is 12.9. The van der Waals surface area contributed by atoms with Crippen LogP contribution >= 0.6 is 11.3 Å². The second kappa shape index (κ2) is 6.66. The summed E-state index contributed by atoms with van der Waals surface area (Å²) in [7, 11) is 0. The molecule has 0 aliphatic carbocycles. The van der Waals surface area contributed by atoms with Gasteiger partial charge in [0.15, 0.2) is 0 Å². The van der Waals surface area contributed by atoms with E-state index >= 15 is 0 Å². The van der Waals surface area contributed by atoms with Gasteiger partial charge in [0.25, 0.3) is 0 Å². The largest absolute Gasteiger partial charge is 0.311 e. The first-order chi connectivity index (χ1) is 10.4. The zero-order chi connectivity index (χ0) is 14.5. The molecule has 0 amide bonds. The topological polar surface area (TPSA) is 24.9 Å². The van der Waals surface area contributed by atoms with Crippen molar-refractivity contribution in [1.82, 2.24) is 10.3 Å². The van der Waals surface area contributed by atoms with Crippen LogP contribution in [0.2, 0.25) is 0 Å². The van der Waals surface area contributed by atoms with Crippen LogP contribution < -0.4 is 5.32 Å². The number of hydrogen-bond donors (Lipinski definition) is 1. The molecule has 0 atom stereocenters. The van der Waals surface area contributed by atoms with Crippen molar-refractivity contribution in [1.29, 1.82) is 0 Å². The maximum absolute atomic E-state index is 4.68. The van der Waals surface area contributed by atoms with Crippen LogP contribution in [-0.4, -0.2) is 11.5 Å². The molecule has 21 heavy (non-hydrogen) atoms. The van der Waals surface area contributed by atoms with Crippen molar-refractivity contribution in [2.45, 2.75) is 13.5 Å². The molecule has 0 radical (unpaired) electrons. The highest BCUT2D eigenvalue weighted by Gasteiger charge is 2.05. The quantitative estimate of drug-likeness (QED) is 0.744. The van der Waals surface area contributed by atoms with Crippen LogP contribution in [0, 0.1) is 0 Å². The van der Waals surface area contributed by atoms with Gasteiger partial charge in [-0.2, -0.15) is 0 Å². The predicted molar refractivity (Wildman–Crippen MR) is 90.4 cm³/mol. The third-order valence-electron chi connectivity index (χ3n) is 3.35. The second-order valence-electron chi connectivity index (χ2n) is 4.87. The average Bonchev–Trinajstić information content (AvgIpc) is 3.03. The Hall–Kier alpha value is -1.97. The number of aromatic nitrogens is 1. The first-order valence-electron chi connectivity index (χ1n) is 7.18. The number of nitrogens with one attached hydrogen (secondary N) is 1. The maximum Gasteiger partial charge on any atom is 0.123 e. The van der Waals surface area contributed by atoms with Gasteiger partial charge in [-0.1, -0.05) is 61.5 Å². The third kappa shape index (κ3) is 3.38. The minimum atomic E-state index is 0.842. The van der Waals surface area contributed by atoms with E-state index in [4.69, 9.17) is 0 Å². The summed E-state index contributed by atoms with van der Waals surface area (Å²) < 4.78 is 0.